The van der Waals surface area contributed by atoms with E-state index in [0.717, 1.165) is 24.0 Å². The molecule has 30 heavy (non-hydrogen) atoms. The lowest BCUT2D eigenvalue weighted by atomic mass is 9.99. The summed E-state index contributed by atoms with van der Waals surface area (Å²) in [6.07, 6.45) is 4.02. The van der Waals surface area contributed by atoms with Crippen LogP contribution in [0.25, 0.3) is 0 Å². The molecule has 2 N–H and O–H groups in total. The Labute approximate surface area is 177 Å². The molecule has 1 amide bonds. The lowest BCUT2D eigenvalue weighted by molar-refractivity contribution is 0.0674. The van der Waals surface area contributed by atoms with E-state index in [-0.39, 0.29) is 18.0 Å². The van der Waals surface area contributed by atoms with Gasteiger partial charge < -0.3 is 10.4 Å². The van der Waals surface area contributed by atoms with Crippen LogP contribution in [0.4, 0.5) is 0 Å². The Bertz CT molecular complexity index is 893. The quantitative estimate of drug-likeness (QED) is 0.563. The van der Waals surface area contributed by atoms with Crippen LogP contribution in [0.3, 0.4) is 0 Å². The summed E-state index contributed by atoms with van der Waals surface area (Å²) < 4.78 is 1.73. The van der Waals surface area contributed by atoms with Gasteiger partial charge in [-0.15, -0.1) is 5.10 Å². The van der Waals surface area contributed by atoms with Crippen molar-refractivity contribution in [3.63, 3.8) is 0 Å². The van der Waals surface area contributed by atoms with Crippen LogP contribution in [0.2, 0.25) is 0 Å². The Morgan fingerprint density at radius 3 is 2.17 bits per heavy atom. The second-order valence-corrected chi connectivity index (χ2v) is 8.39. The van der Waals surface area contributed by atoms with Gasteiger partial charge in [-0.05, 0) is 51.2 Å². The summed E-state index contributed by atoms with van der Waals surface area (Å²) in [7, 11) is 0. The van der Waals surface area contributed by atoms with Gasteiger partial charge in [0.25, 0.3) is 5.91 Å². The van der Waals surface area contributed by atoms with E-state index in [0.29, 0.717) is 12.1 Å². The molecular weight excluding hydrogens is 376 g/mol. The number of carbonyl (C=O) groups excluding carboxylic acids is 1. The lowest BCUT2D eigenvalue weighted by Crippen LogP contribution is -2.33. The Balaban J connectivity index is 1.72. The van der Waals surface area contributed by atoms with E-state index >= 15 is 0 Å². The van der Waals surface area contributed by atoms with E-state index in [1.807, 2.05) is 67.6 Å². The fourth-order valence-corrected chi connectivity index (χ4v) is 3.49. The predicted molar refractivity (Wildman–Crippen MR) is 117 cm³/mol. The highest BCUT2D eigenvalue weighted by Crippen LogP contribution is 2.25. The Morgan fingerprint density at radius 2 is 1.63 bits per heavy atom. The minimum Gasteiger partial charge on any atom is -0.390 e. The summed E-state index contributed by atoms with van der Waals surface area (Å²) in [6, 6.07) is 19.9. The van der Waals surface area contributed by atoms with Crippen LogP contribution in [0, 0.1) is 0 Å². The third kappa shape index (κ3) is 6.00. The standard InChI is InChI=1S/C24H30N4O2/c1-18(11-10-16-24(2,3)30)25-23(29)21-17-28(27-26-21)22(19-12-6-4-7-13-19)20-14-8-5-9-15-20/h4-9,12-15,17-18,22,30H,10-11,16H2,1-3H3,(H,25,29)/t18-/m0/s1. The summed E-state index contributed by atoms with van der Waals surface area (Å²) in [5, 5.41) is 21.2. The molecule has 0 bridgehead atoms. The third-order valence-electron chi connectivity index (χ3n) is 5.04. The topological polar surface area (TPSA) is 80.0 Å². The zero-order valence-electron chi connectivity index (χ0n) is 17.8. The van der Waals surface area contributed by atoms with E-state index in [4.69, 9.17) is 0 Å². The van der Waals surface area contributed by atoms with Crippen molar-refractivity contribution in [2.45, 2.75) is 57.7 Å². The highest BCUT2D eigenvalue weighted by molar-refractivity contribution is 5.92. The predicted octanol–water partition coefficient (Wildman–Crippen LogP) is 3.98. The molecule has 0 unspecified atom stereocenters. The number of nitrogens with one attached hydrogen (secondary N) is 1. The molecule has 0 saturated heterocycles. The van der Waals surface area contributed by atoms with E-state index in [1.165, 1.54) is 0 Å². The number of amides is 1. The molecule has 0 aliphatic rings. The number of hydrogen-bond acceptors (Lipinski definition) is 4. The maximum atomic E-state index is 12.6. The number of aliphatic hydroxyl groups is 1. The van der Waals surface area contributed by atoms with Gasteiger partial charge in [0.05, 0.1) is 11.8 Å². The van der Waals surface area contributed by atoms with Crippen molar-refractivity contribution in [3.8, 4) is 0 Å². The number of aromatic nitrogens is 3. The maximum absolute atomic E-state index is 12.6. The van der Waals surface area contributed by atoms with Gasteiger partial charge >= 0.3 is 0 Å². The first-order valence-electron chi connectivity index (χ1n) is 10.4. The van der Waals surface area contributed by atoms with E-state index < -0.39 is 5.60 Å². The first-order valence-corrected chi connectivity index (χ1v) is 10.4. The van der Waals surface area contributed by atoms with Gasteiger partial charge in [-0.2, -0.15) is 0 Å². The summed E-state index contributed by atoms with van der Waals surface area (Å²) in [5.41, 5.74) is 1.75. The van der Waals surface area contributed by atoms with Crippen molar-refractivity contribution in [1.82, 2.24) is 20.3 Å². The van der Waals surface area contributed by atoms with Gasteiger partial charge in [-0.25, -0.2) is 4.68 Å². The van der Waals surface area contributed by atoms with Crippen LogP contribution in [0.15, 0.2) is 66.9 Å². The fourth-order valence-electron chi connectivity index (χ4n) is 3.49. The molecule has 158 valence electrons. The maximum Gasteiger partial charge on any atom is 0.273 e. The molecule has 6 nitrogen and oxygen atoms in total. The number of benzene rings is 2. The molecule has 0 saturated carbocycles. The van der Waals surface area contributed by atoms with Crippen LogP contribution in [0.5, 0.6) is 0 Å². The number of rotatable bonds is 9. The molecule has 6 heteroatoms. The van der Waals surface area contributed by atoms with Gasteiger partial charge in [0, 0.05) is 6.04 Å². The van der Waals surface area contributed by atoms with E-state index in [9.17, 15) is 9.90 Å². The first-order chi connectivity index (χ1) is 14.3. The summed E-state index contributed by atoms with van der Waals surface area (Å²) in [6.45, 7) is 5.55. The molecule has 3 rings (SSSR count). The fraction of sp³-hybridized carbons (Fsp3) is 0.375. The second kappa shape index (κ2) is 9.67. The van der Waals surface area contributed by atoms with Crippen molar-refractivity contribution < 1.29 is 9.90 Å². The van der Waals surface area contributed by atoms with Crippen LogP contribution >= 0.6 is 0 Å². The van der Waals surface area contributed by atoms with Crippen molar-refractivity contribution in [3.05, 3.63) is 83.7 Å². The molecule has 0 spiro atoms. The molecule has 0 fully saturated rings. The van der Waals surface area contributed by atoms with Crippen LogP contribution < -0.4 is 5.32 Å². The highest BCUT2D eigenvalue weighted by Gasteiger charge is 2.21. The Hall–Kier alpha value is -2.99. The first kappa shape index (κ1) is 21.7. The SMILES string of the molecule is C[C@@H](CCCC(C)(C)O)NC(=O)c1cn(C(c2ccccc2)c2ccccc2)nn1. The molecule has 1 aromatic heterocycles. The summed E-state index contributed by atoms with van der Waals surface area (Å²) >= 11 is 0. The van der Waals surface area contributed by atoms with E-state index in [1.54, 1.807) is 24.7 Å². The number of nitrogens with zero attached hydrogens (tertiary/aromatic N) is 3. The highest BCUT2D eigenvalue weighted by atomic mass is 16.3. The Morgan fingerprint density at radius 1 is 1.07 bits per heavy atom. The minimum absolute atomic E-state index is 0.0101. The van der Waals surface area contributed by atoms with Gasteiger partial charge in [0.1, 0.15) is 6.04 Å². The normalized spacial score (nSPS) is 12.7. The van der Waals surface area contributed by atoms with Crippen molar-refractivity contribution in [2.75, 3.05) is 0 Å². The Kier molecular flexibility index (Phi) is 7.00. The molecule has 0 aliphatic carbocycles. The van der Waals surface area contributed by atoms with Gasteiger partial charge in [0.2, 0.25) is 0 Å². The van der Waals surface area contributed by atoms with Gasteiger partial charge in [0.15, 0.2) is 5.69 Å². The molecule has 0 radical (unpaired) electrons. The van der Waals surface area contributed by atoms with Crippen LogP contribution in [0.1, 0.15) is 67.7 Å². The van der Waals surface area contributed by atoms with E-state index in [2.05, 4.69) is 15.6 Å². The monoisotopic (exact) mass is 406 g/mol. The van der Waals surface area contributed by atoms with Gasteiger partial charge in [-0.1, -0.05) is 65.9 Å². The zero-order chi connectivity index (χ0) is 21.6. The average Bonchev–Trinajstić information content (AvgIpc) is 3.19. The lowest BCUT2D eigenvalue weighted by Gasteiger charge is -2.19. The largest absolute Gasteiger partial charge is 0.390 e. The molecular formula is C24H30N4O2. The number of carbonyl (C=O) groups is 1. The molecule has 0 aliphatic heterocycles. The number of hydrogen-bond donors (Lipinski definition) is 2. The molecule has 1 heterocycles. The zero-order valence-corrected chi connectivity index (χ0v) is 17.8. The van der Waals surface area contributed by atoms with Crippen molar-refractivity contribution >= 4 is 5.91 Å². The van der Waals surface area contributed by atoms with Crippen molar-refractivity contribution in [1.29, 1.82) is 0 Å². The minimum atomic E-state index is -0.684. The molecule has 2 aromatic carbocycles. The molecule has 1 atom stereocenters. The second-order valence-electron chi connectivity index (χ2n) is 8.39. The molecule has 3 aromatic rings. The third-order valence-corrected chi connectivity index (χ3v) is 5.04. The van der Waals surface area contributed by atoms with Gasteiger partial charge in [-0.3, -0.25) is 4.79 Å². The summed E-state index contributed by atoms with van der Waals surface area (Å²) in [4.78, 5) is 12.6. The van der Waals surface area contributed by atoms with Crippen LogP contribution in [-0.4, -0.2) is 37.7 Å². The van der Waals surface area contributed by atoms with Crippen LogP contribution in [-0.2, 0) is 0 Å². The van der Waals surface area contributed by atoms with Crippen molar-refractivity contribution in [2.24, 2.45) is 0 Å². The smallest absolute Gasteiger partial charge is 0.273 e. The average molecular weight is 407 g/mol. The summed E-state index contributed by atoms with van der Waals surface area (Å²) in [5.74, 6) is -0.239.